The summed E-state index contributed by atoms with van der Waals surface area (Å²) < 4.78 is 5.01. The number of halogens is 2. The molecule has 0 aliphatic carbocycles. The summed E-state index contributed by atoms with van der Waals surface area (Å²) in [5.74, 6) is 0. The molecule has 0 aromatic rings. The van der Waals surface area contributed by atoms with Crippen LogP contribution in [0.25, 0.3) is 0 Å². The van der Waals surface area contributed by atoms with Gasteiger partial charge >= 0.3 is 0 Å². The summed E-state index contributed by atoms with van der Waals surface area (Å²) in [4.78, 5) is 0. The van der Waals surface area contributed by atoms with Crippen LogP contribution in [0.15, 0.2) is 0 Å². The van der Waals surface area contributed by atoms with Crippen LogP contribution in [-0.4, -0.2) is 26.3 Å². The summed E-state index contributed by atoms with van der Waals surface area (Å²) >= 11 is 11.1. The third-order valence-electron chi connectivity index (χ3n) is 1.36. The molecule has 10 heavy (non-hydrogen) atoms. The van der Waals surface area contributed by atoms with Crippen molar-refractivity contribution in [3.8, 4) is 0 Å². The minimum absolute atomic E-state index is 0.298. The zero-order valence-corrected chi connectivity index (χ0v) is 9.00. The van der Waals surface area contributed by atoms with Crippen molar-refractivity contribution in [2.45, 2.75) is 19.1 Å². The lowest BCUT2D eigenvalue weighted by Crippen LogP contribution is -2.29. The van der Waals surface area contributed by atoms with Gasteiger partial charge in [-0.2, -0.15) is 0 Å². The first-order valence-corrected chi connectivity index (χ1v) is 7.80. The number of rotatable bonds is 5. The van der Waals surface area contributed by atoms with E-state index in [1.165, 1.54) is 0 Å². The Morgan fingerprint density at radius 2 is 1.90 bits per heavy atom. The highest BCUT2D eigenvalue weighted by molar-refractivity contribution is 6.83. The molecule has 0 aromatic carbocycles. The van der Waals surface area contributed by atoms with Gasteiger partial charge in [-0.15, -0.1) is 11.6 Å². The molecule has 0 saturated carbocycles. The van der Waals surface area contributed by atoms with Gasteiger partial charge in [-0.25, -0.2) is 0 Å². The number of alkyl halides is 2. The fraction of sp³-hybridized carbons (Fsp3) is 1.00. The number of hydrogen-bond donors (Lipinski definition) is 0. The van der Waals surface area contributed by atoms with E-state index in [1.807, 2.05) is 0 Å². The predicted molar refractivity (Wildman–Crippen MR) is 49.7 cm³/mol. The van der Waals surface area contributed by atoms with Crippen molar-refractivity contribution in [1.82, 2.24) is 0 Å². The van der Waals surface area contributed by atoms with Crippen LogP contribution in [0.2, 0.25) is 19.1 Å². The van der Waals surface area contributed by atoms with Gasteiger partial charge in [0.2, 0.25) is 0 Å². The van der Waals surface area contributed by atoms with Crippen LogP contribution in [0.4, 0.5) is 0 Å². The molecule has 1 nitrogen and oxygen atoms in total. The average molecular weight is 201 g/mol. The summed E-state index contributed by atoms with van der Waals surface area (Å²) in [6, 6.07) is 1.40. The van der Waals surface area contributed by atoms with E-state index in [1.54, 1.807) is 0 Å². The molecule has 0 amide bonds. The van der Waals surface area contributed by atoms with Gasteiger partial charge in [0.05, 0.1) is 8.07 Å². The smallest absolute Gasteiger partial charge is 0.120 e. The van der Waals surface area contributed by atoms with Crippen LogP contribution in [0.1, 0.15) is 0 Å². The maximum Gasteiger partial charge on any atom is 0.120 e. The third kappa shape index (κ3) is 5.53. The molecule has 0 bridgehead atoms. The second-order valence-electron chi connectivity index (χ2n) is 3.07. The fourth-order valence-corrected chi connectivity index (χ4v) is 1.81. The van der Waals surface area contributed by atoms with Crippen LogP contribution in [0.5, 0.6) is 0 Å². The van der Waals surface area contributed by atoms with Crippen molar-refractivity contribution in [3.63, 3.8) is 0 Å². The normalized spacial score (nSPS) is 12.0. The highest BCUT2D eigenvalue weighted by Gasteiger charge is 2.18. The van der Waals surface area contributed by atoms with Crippen molar-refractivity contribution in [2.75, 3.05) is 18.2 Å². The summed E-state index contributed by atoms with van der Waals surface area (Å²) in [5, 5.41) is 0. The Kier molecular flexibility index (Phi) is 5.82. The Bertz CT molecular complexity index is 87.8. The first-order valence-electron chi connectivity index (χ1n) is 3.32. The number of ether oxygens (including phenoxy) is 1. The molecule has 0 aliphatic rings. The Hall–Kier alpha value is 0.757. The van der Waals surface area contributed by atoms with E-state index in [0.717, 1.165) is 18.2 Å². The van der Waals surface area contributed by atoms with Crippen molar-refractivity contribution < 1.29 is 4.74 Å². The first kappa shape index (κ1) is 10.8. The molecule has 0 unspecified atom stereocenters. The Balaban J connectivity index is 3.28. The quantitative estimate of drug-likeness (QED) is 0.377. The first-order chi connectivity index (χ1) is 4.62. The third-order valence-corrected chi connectivity index (χ3v) is 5.97. The van der Waals surface area contributed by atoms with Gasteiger partial charge in [-0.1, -0.05) is 24.7 Å². The van der Waals surface area contributed by atoms with E-state index in [2.05, 4.69) is 13.1 Å². The molecule has 0 fully saturated rings. The van der Waals surface area contributed by atoms with Gasteiger partial charge in [0.15, 0.2) is 0 Å². The average Bonchev–Trinajstić information content (AvgIpc) is 1.89. The van der Waals surface area contributed by atoms with E-state index in [4.69, 9.17) is 27.9 Å². The van der Waals surface area contributed by atoms with Gasteiger partial charge in [-0.05, 0) is 6.04 Å². The van der Waals surface area contributed by atoms with Crippen LogP contribution >= 0.6 is 23.2 Å². The molecule has 0 rings (SSSR count). The molecule has 0 aliphatic heterocycles. The van der Waals surface area contributed by atoms with Gasteiger partial charge in [0.25, 0.3) is 0 Å². The highest BCUT2D eigenvalue weighted by atomic mass is 35.5. The monoisotopic (exact) mass is 200 g/mol. The maximum atomic E-state index is 5.75. The SMILES string of the molecule is C[Si](C)(CCl)CCOCCl. The lowest BCUT2D eigenvalue weighted by atomic mass is 10.9. The lowest BCUT2D eigenvalue weighted by molar-refractivity contribution is 0.194. The fourth-order valence-electron chi connectivity index (χ4n) is 0.470. The Labute approximate surface area is 73.7 Å². The van der Waals surface area contributed by atoms with Crippen molar-refractivity contribution in [1.29, 1.82) is 0 Å². The van der Waals surface area contributed by atoms with E-state index >= 15 is 0 Å². The van der Waals surface area contributed by atoms with E-state index in [-0.39, 0.29) is 0 Å². The molecule has 0 atom stereocenters. The number of hydrogen-bond acceptors (Lipinski definition) is 1. The van der Waals surface area contributed by atoms with Crippen LogP contribution in [0, 0.1) is 0 Å². The summed E-state index contributed by atoms with van der Waals surface area (Å²) in [7, 11) is -1.13. The lowest BCUT2D eigenvalue weighted by Gasteiger charge is -2.17. The van der Waals surface area contributed by atoms with Gasteiger partial charge in [-0.3, -0.25) is 0 Å². The van der Waals surface area contributed by atoms with Crippen LogP contribution in [-0.2, 0) is 4.74 Å². The molecule has 0 saturated heterocycles. The molecule has 0 N–H and O–H groups in total. The standard InChI is InChI=1S/C6H14Cl2OSi/c1-10(2,6-8)4-3-9-5-7/h3-6H2,1-2H3. The van der Waals surface area contributed by atoms with E-state index in [0.29, 0.717) is 6.07 Å². The van der Waals surface area contributed by atoms with Crippen molar-refractivity contribution in [3.05, 3.63) is 0 Å². The summed E-state index contributed by atoms with van der Waals surface area (Å²) in [6.45, 7) is 5.25. The second-order valence-corrected chi connectivity index (χ2v) is 9.18. The largest absolute Gasteiger partial charge is 0.366 e. The molecule has 62 valence electrons. The van der Waals surface area contributed by atoms with E-state index in [9.17, 15) is 0 Å². The topological polar surface area (TPSA) is 9.23 Å². The minimum Gasteiger partial charge on any atom is -0.366 e. The zero-order valence-electron chi connectivity index (χ0n) is 6.49. The second kappa shape index (κ2) is 5.41. The molecular formula is C6H14Cl2OSi. The molecular weight excluding hydrogens is 187 g/mol. The molecule has 0 heterocycles. The summed E-state index contributed by atoms with van der Waals surface area (Å²) in [6.07, 6.45) is 0. The molecule has 0 spiro atoms. The maximum absolute atomic E-state index is 5.75. The Morgan fingerprint density at radius 3 is 2.30 bits per heavy atom. The minimum atomic E-state index is -1.13. The van der Waals surface area contributed by atoms with E-state index < -0.39 is 8.07 Å². The molecule has 0 aromatic heterocycles. The zero-order chi connectivity index (χ0) is 8.04. The predicted octanol–water partition coefficient (Wildman–Crippen LogP) is 2.69. The van der Waals surface area contributed by atoms with Crippen LogP contribution in [0.3, 0.4) is 0 Å². The van der Waals surface area contributed by atoms with Crippen molar-refractivity contribution in [2.24, 2.45) is 0 Å². The van der Waals surface area contributed by atoms with Crippen molar-refractivity contribution >= 4 is 31.3 Å². The molecule has 4 heteroatoms. The van der Waals surface area contributed by atoms with Gasteiger partial charge in [0.1, 0.15) is 6.07 Å². The van der Waals surface area contributed by atoms with Gasteiger partial charge in [0, 0.05) is 12.1 Å². The van der Waals surface area contributed by atoms with Crippen LogP contribution < -0.4 is 0 Å². The Morgan fingerprint density at radius 1 is 1.30 bits per heavy atom. The summed E-state index contributed by atoms with van der Waals surface area (Å²) in [5.41, 5.74) is 0.804. The van der Waals surface area contributed by atoms with Gasteiger partial charge < -0.3 is 4.74 Å². The highest BCUT2D eigenvalue weighted by Crippen LogP contribution is 2.10. The molecule has 0 radical (unpaired) electrons.